The van der Waals surface area contributed by atoms with Gasteiger partial charge < -0.3 is 4.57 Å². The molecule has 12 rings (SSSR count). The molecule has 0 spiro atoms. The Morgan fingerprint density at radius 3 is 1.59 bits per heavy atom. The maximum Gasteiger partial charge on any atom is 0.101 e. The first-order valence-electron chi connectivity index (χ1n) is 21.1. The molecule has 0 radical (unpaired) electrons. The molecule has 0 N–H and O–H groups in total. The maximum atomic E-state index is 5.25. The molecular formula is C58H41N3. The normalized spacial score (nSPS) is 12.9. The zero-order valence-electron chi connectivity index (χ0n) is 34.0. The molecule has 3 nitrogen and oxygen atoms in total. The van der Waals surface area contributed by atoms with Crippen LogP contribution >= 0.6 is 0 Å². The van der Waals surface area contributed by atoms with Crippen LogP contribution in [0.3, 0.4) is 0 Å². The molecular weight excluding hydrogens is 739 g/mol. The lowest BCUT2D eigenvalue weighted by Crippen LogP contribution is -2.14. The van der Waals surface area contributed by atoms with Gasteiger partial charge in [-0.2, -0.15) is 5.10 Å². The van der Waals surface area contributed by atoms with Crippen LogP contribution in [0.25, 0.3) is 99.8 Å². The molecule has 0 amide bonds. The third-order valence-electron chi connectivity index (χ3n) is 12.9. The van der Waals surface area contributed by atoms with Crippen LogP contribution in [0.1, 0.15) is 25.0 Å². The smallest absolute Gasteiger partial charge is 0.101 e. The van der Waals surface area contributed by atoms with Crippen molar-refractivity contribution in [3.8, 4) is 67.1 Å². The van der Waals surface area contributed by atoms with Gasteiger partial charge in [0, 0.05) is 32.8 Å². The van der Waals surface area contributed by atoms with Gasteiger partial charge in [0.05, 0.1) is 22.2 Å². The van der Waals surface area contributed by atoms with E-state index in [9.17, 15) is 0 Å². The van der Waals surface area contributed by atoms with Crippen molar-refractivity contribution in [2.75, 3.05) is 0 Å². The molecule has 11 aromatic rings. The van der Waals surface area contributed by atoms with Crippen molar-refractivity contribution in [1.29, 1.82) is 0 Å². The summed E-state index contributed by atoms with van der Waals surface area (Å²) in [5, 5.41) is 8.85. The average molecular weight is 780 g/mol. The van der Waals surface area contributed by atoms with E-state index in [0.717, 1.165) is 44.7 Å². The number of fused-ring (bicyclic) bond motifs is 7. The lowest BCUT2D eigenvalue weighted by Gasteiger charge is -2.22. The Labute approximate surface area is 355 Å². The molecule has 0 saturated heterocycles. The minimum absolute atomic E-state index is 0.0990. The van der Waals surface area contributed by atoms with Gasteiger partial charge in [-0.1, -0.05) is 147 Å². The zero-order valence-corrected chi connectivity index (χ0v) is 34.0. The Balaban J connectivity index is 1.07. The highest BCUT2D eigenvalue weighted by Crippen LogP contribution is 2.50. The van der Waals surface area contributed by atoms with Gasteiger partial charge in [0.1, 0.15) is 5.69 Å². The predicted octanol–water partition coefficient (Wildman–Crippen LogP) is 15.1. The summed E-state index contributed by atoms with van der Waals surface area (Å²) in [6, 6.07) is 77.4. The van der Waals surface area contributed by atoms with Crippen molar-refractivity contribution in [2.24, 2.45) is 0 Å². The summed E-state index contributed by atoms with van der Waals surface area (Å²) in [4.78, 5) is 0. The molecule has 1 aliphatic rings. The molecule has 2 heterocycles. The van der Waals surface area contributed by atoms with Crippen molar-refractivity contribution in [2.45, 2.75) is 19.3 Å². The highest BCUT2D eigenvalue weighted by Gasteiger charge is 2.35. The molecule has 9 aromatic carbocycles. The molecule has 288 valence electrons. The Morgan fingerprint density at radius 2 is 0.869 bits per heavy atom. The third-order valence-corrected chi connectivity index (χ3v) is 12.9. The molecule has 0 saturated carbocycles. The van der Waals surface area contributed by atoms with E-state index in [1.165, 1.54) is 66.3 Å². The molecule has 1 aliphatic carbocycles. The van der Waals surface area contributed by atoms with Gasteiger partial charge in [-0.3, -0.25) is 0 Å². The largest absolute Gasteiger partial charge is 0.309 e. The first kappa shape index (κ1) is 35.2. The van der Waals surface area contributed by atoms with Gasteiger partial charge in [-0.25, -0.2) is 4.68 Å². The highest BCUT2D eigenvalue weighted by molar-refractivity contribution is 6.10. The summed E-state index contributed by atoms with van der Waals surface area (Å²) in [7, 11) is 0. The predicted molar refractivity (Wildman–Crippen MR) is 255 cm³/mol. The number of benzene rings is 9. The highest BCUT2D eigenvalue weighted by atomic mass is 15.3. The second-order valence-electron chi connectivity index (χ2n) is 16.8. The molecule has 3 heteroatoms. The summed E-state index contributed by atoms with van der Waals surface area (Å²) in [6.45, 7) is 4.72. The fourth-order valence-corrected chi connectivity index (χ4v) is 9.89. The van der Waals surface area contributed by atoms with Gasteiger partial charge in [0.25, 0.3) is 0 Å². The van der Waals surface area contributed by atoms with Crippen LogP contribution in [-0.4, -0.2) is 14.3 Å². The standard InChI is InChI=1S/C58H41N3/c1-58(2)52-24-14-12-22-47(52)48-29-26-41(37-53(48)58)44-33-42(39-27-30-55-50(35-39)49-23-13-15-25-54(49)60(55)45-18-8-4-9-19-45)32-43(34-44)40-28-31-56-51(36-40)57(38-16-6-3-7-17-38)59-61(56)46-20-10-5-11-21-46/h3-37H,1-2H3. The van der Waals surface area contributed by atoms with Crippen LogP contribution in [0, 0.1) is 0 Å². The molecule has 0 atom stereocenters. The van der Waals surface area contributed by atoms with Crippen LogP contribution in [0.15, 0.2) is 212 Å². The van der Waals surface area contributed by atoms with E-state index in [1.54, 1.807) is 0 Å². The Bertz CT molecular complexity index is 3480. The Morgan fingerprint density at radius 1 is 0.344 bits per heavy atom. The Hall–Kier alpha value is -7.75. The fraction of sp³-hybridized carbons (Fsp3) is 0.0517. The average Bonchev–Trinajstić information content (AvgIpc) is 3.95. The van der Waals surface area contributed by atoms with Gasteiger partial charge >= 0.3 is 0 Å². The van der Waals surface area contributed by atoms with Crippen LogP contribution in [0.4, 0.5) is 0 Å². The second-order valence-corrected chi connectivity index (χ2v) is 16.8. The molecule has 0 bridgehead atoms. The molecule has 61 heavy (non-hydrogen) atoms. The third kappa shape index (κ3) is 5.62. The first-order valence-corrected chi connectivity index (χ1v) is 21.1. The number of aromatic nitrogens is 3. The van der Waals surface area contributed by atoms with Gasteiger partial charge in [-0.05, 0) is 134 Å². The topological polar surface area (TPSA) is 22.8 Å². The van der Waals surface area contributed by atoms with Crippen molar-refractivity contribution in [3.63, 3.8) is 0 Å². The minimum atomic E-state index is -0.0990. The summed E-state index contributed by atoms with van der Waals surface area (Å²) in [5.41, 5.74) is 20.1. The number of hydrogen-bond acceptors (Lipinski definition) is 1. The fourth-order valence-electron chi connectivity index (χ4n) is 9.89. The van der Waals surface area contributed by atoms with Crippen molar-refractivity contribution in [1.82, 2.24) is 14.3 Å². The summed E-state index contributed by atoms with van der Waals surface area (Å²) in [5.74, 6) is 0. The quantitative estimate of drug-likeness (QED) is 0.165. The summed E-state index contributed by atoms with van der Waals surface area (Å²) in [6.07, 6.45) is 0. The van der Waals surface area contributed by atoms with Crippen LogP contribution in [0.5, 0.6) is 0 Å². The summed E-state index contributed by atoms with van der Waals surface area (Å²) >= 11 is 0. The zero-order chi connectivity index (χ0) is 40.7. The molecule has 0 fully saturated rings. The van der Waals surface area contributed by atoms with E-state index >= 15 is 0 Å². The van der Waals surface area contributed by atoms with Gasteiger partial charge in [0.15, 0.2) is 0 Å². The maximum absolute atomic E-state index is 5.25. The lowest BCUT2D eigenvalue weighted by molar-refractivity contribution is 0.660. The minimum Gasteiger partial charge on any atom is -0.309 e. The van der Waals surface area contributed by atoms with Crippen molar-refractivity contribution in [3.05, 3.63) is 223 Å². The molecule has 0 aliphatic heterocycles. The van der Waals surface area contributed by atoms with Crippen molar-refractivity contribution < 1.29 is 0 Å². The number of para-hydroxylation sites is 3. The van der Waals surface area contributed by atoms with Crippen molar-refractivity contribution >= 4 is 32.7 Å². The first-order chi connectivity index (χ1) is 30.0. The number of rotatable bonds is 6. The van der Waals surface area contributed by atoms with E-state index in [2.05, 4.69) is 235 Å². The van der Waals surface area contributed by atoms with E-state index in [0.29, 0.717) is 0 Å². The van der Waals surface area contributed by atoms with E-state index in [4.69, 9.17) is 5.10 Å². The SMILES string of the molecule is CC1(C)c2ccccc2-c2ccc(-c3cc(-c4ccc5c(c4)c(-c4ccccc4)nn5-c4ccccc4)cc(-c4ccc5c(c4)c4ccccc4n5-c4ccccc4)c3)cc21. The molecule has 2 aromatic heterocycles. The van der Waals surface area contributed by atoms with Crippen LogP contribution < -0.4 is 0 Å². The van der Waals surface area contributed by atoms with E-state index in [1.807, 2.05) is 0 Å². The number of nitrogens with zero attached hydrogens (tertiary/aromatic N) is 3. The van der Waals surface area contributed by atoms with Gasteiger partial charge in [-0.15, -0.1) is 0 Å². The monoisotopic (exact) mass is 779 g/mol. The van der Waals surface area contributed by atoms with Gasteiger partial charge in [0.2, 0.25) is 0 Å². The van der Waals surface area contributed by atoms with Crippen LogP contribution in [0.2, 0.25) is 0 Å². The lowest BCUT2D eigenvalue weighted by atomic mass is 9.81. The van der Waals surface area contributed by atoms with Crippen LogP contribution in [-0.2, 0) is 5.41 Å². The number of hydrogen-bond donors (Lipinski definition) is 0. The second kappa shape index (κ2) is 13.7. The molecule has 0 unspecified atom stereocenters. The van der Waals surface area contributed by atoms with E-state index in [-0.39, 0.29) is 5.41 Å². The Kier molecular flexibility index (Phi) is 7.88. The summed E-state index contributed by atoms with van der Waals surface area (Å²) < 4.78 is 4.46. The van der Waals surface area contributed by atoms with E-state index < -0.39 is 0 Å².